The van der Waals surface area contributed by atoms with Crippen LogP contribution in [-0.2, 0) is 23.6 Å². The standard InChI is InChI=1S/C10H12FNO3S/c1-2-12-6-8-3-4-10(5-9(8)7-12)15-16(11,13)14/h3-5H,2,6-7H2,1H3. The molecule has 0 radical (unpaired) electrons. The lowest BCUT2D eigenvalue weighted by molar-refractivity contribution is 0.301. The first-order valence-corrected chi connectivity index (χ1v) is 6.27. The lowest BCUT2D eigenvalue weighted by Gasteiger charge is -2.09. The van der Waals surface area contributed by atoms with E-state index in [0.717, 1.165) is 30.8 Å². The highest BCUT2D eigenvalue weighted by atomic mass is 32.3. The van der Waals surface area contributed by atoms with Crippen LogP contribution >= 0.6 is 0 Å². The molecule has 0 spiro atoms. The predicted octanol–water partition coefficient (Wildman–Crippen LogP) is 1.62. The summed E-state index contributed by atoms with van der Waals surface area (Å²) in [5.74, 6) is 0.0270. The van der Waals surface area contributed by atoms with Crippen molar-refractivity contribution in [2.75, 3.05) is 6.54 Å². The highest BCUT2D eigenvalue weighted by Crippen LogP contribution is 2.27. The van der Waals surface area contributed by atoms with Crippen molar-refractivity contribution in [1.29, 1.82) is 0 Å². The fourth-order valence-electron chi connectivity index (χ4n) is 1.83. The van der Waals surface area contributed by atoms with Gasteiger partial charge in [-0.2, -0.15) is 8.42 Å². The van der Waals surface area contributed by atoms with E-state index >= 15 is 0 Å². The second kappa shape index (κ2) is 4.03. The van der Waals surface area contributed by atoms with E-state index in [-0.39, 0.29) is 5.75 Å². The molecule has 4 nitrogen and oxygen atoms in total. The molecule has 88 valence electrons. The van der Waals surface area contributed by atoms with Crippen molar-refractivity contribution in [3.63, 3.8) is 0 Å². The number of fused-ring (bicyclic) bond motifs is 1. The minimum absolute atomic E-state index is 0.0270. The second-order valence-corrected chi connectivity index (χ2v) is 4.66. The molecule has 2 rings (SSSR count). The maximum atomic E-state index is 12.3. The molecular weight excluding hydrogens is 233 g/mol. The average Bonchev–Trinajstić information content (AvgIpc) is 2.57. The maximum absolute atomic E-state index is 12.3. The van der Waals surface area contributed by atoms with Crippen molar-refractivity contribution in [2.45, 2.75) is 20.0 Å². The first-order chi connectivity index (χ1) is 7.48. The van der Waals surface area contributed by atoms with Crippen LogP contribution in [0.2, 0.25) is 0 Å². The predicted molar refractivity (Wildman–Crippen MR) is 56.9 cm³/mol. The van der Waals surface area contributed by atoms with E-state index in [1.807, 2.05) is 0 Å². The zero-order valence-electron chi connectivity index (χ0n) is 8.81. The topological polar surface area (TPSA) is 46.6 Å². The first-order valence-electron chi connectivity index (χ1n) is 4.96. The zero-order chi connectivity index (χ0) is 11.8. The molecule has 16 heavy (non-hydrogen) atoms. The van der Waals surface area contributed by atoms with Gasteiger partial charge in [-0.05, 0) is 29.8 Å². The van der Waals surface area contributed by atoms with E-state index in [1.54, 1.807) is 12.1 Å². The Morgan fingerprint density at radius 2 is 2.06 bits per heavy atom. The molecule has 0 saturated carbocycles. The van der Waals surface area contributed by atoms with Crippen LogP contribution < -0.4 is 4.18 Å². The van der Waals surface area contributed by atoms with Gasteiger partial charge in [0.15, 0.2) is 0 Å². The molecule has 1 aromatic carbocycles. The van der Waals surface area contributed by atoms with E-state index in [1.165, 1.54) is 6.07 Å². The van der Waals surface area contributed by atoms with Gasteiger partial charge in [-0.1, -0.05) is 16.9 Å². The summed E-state index contributed by atoms with van der Waals surface area (Å²) in [5.41, 5.74) is 2.12. The number of halogens is 1. The average molecular weight is 245 g/mol. The third kappa shape index (κ3) is 2.51. The van der Waals surface area contributed by atoms with Crippen LogP contribution in [0.1, 0.15) is 18.1 Å². The molecule has 0 aliphatic carbocycles. The molecule has 1 aromatic rings. The molecule has 6 heteroatoms. The summed E-state index contributed by atoms with van der Waals surface area (Å²) in [5, 5.41) is 0. The fourth-order valence-corrected chi connectivity index (χ4v) is 2.17. The Kier molecular flexibility index (Phi) is 2.86. The summed E-state index contributed by atoms with van der Waals surface area (Å²) < 4.78 is 37.1. The molecule has 0 amide bonds. The van der Waals surface area contributed by atoms with Gasteiger partial charge < -0.3 is 4.18 Å². The third-order valence-corrected chi connectivity index (χ3v) is 3.00. The molecule has 0 fully saturated rings. The van der Waals surface area contributed by atoms with Gasteiger partial charge in [-0.3, -0.25) is 4.90 Å². The summed E-state index contributed by atoms with van der Waals surface area (Å²) in [6, 6.07) is 4.81. The van der Waals surface area contributed by atoms with Gasteiger partial charge in [0.1, 0.15) is 5.75 Å². The Hall–Kier alpha value is -1.14. The molecule has 0 unspecified atom stereocenters. The van der Waals surface area contributed by atoms with E-state index in [0.29, 0.717) is 0 Å². The largest absolute Gasteiger partial charge is 0.488 e. The molecule has 0 atom stereocenters. The first kappa shape index (κ1) is 11.3. The summed E-state index contributed by atoms with van der Waals surface area (Å²) in [6.45, 7) is 4.56. The lowest BCUT2D eigenvalue weighted by atomic mass is 10.1. The van der Waals surface area contributed by atoms with Gasteiger partial charge in [0, 0.05) is 13.1 Å². The minimum Gasteiger partial charge on any atom is -0.358 e. The number of rotatable bonds is 3. The molecule has 0 N–H and O–H groups in total. The zero-order valence-corrected chi connectivity index (χ0v) is 9.63. The Labute approximate surface area is 94.1 Å². The molecule has 0 saturated heterocycles. The summed E-state index contributed by atoms with van der Waals surface area (Å²) in [7, 11) is -4.93. The maximum Gasteiger partial charge on any atom is 0.488 e. The SMILES string of the molecule is CCN1Cc2ccc(OS(=O)(=O)F)cc2C1. The lowest BCUT2D eigenvalue weighted by Crippen LogP contribution is -2.14. The summed E-state index contributed by atoms with van der Waals surface area (Å²) in [4.78, 5) is 2.19. The van der Waals surface area contributed by atoms with Crippen molar-refractivity contribution < 1.29 is 16.5 Å². The van der Waals surface area contributed by atoms with Crippen molar-refractivity contribution in [1.82, 2.24) is 4.90 Å². The molecule has 0 aromatic heterocycles. The second-order valence-electron chi connectivity index (χ2n) is 3.71. The Morgan fingerprint density at radius 1 is 1.38 bits per heavy atom. The van der Waals surface area contributed by atoms with Crippen molar-refractivity contribution >= 4 is 10.5 Å². The van der Waals surface area contributed by atoms with E-state index in [9.17, 15) is 12.3 Å². The minimum atomic E-state index is -4.93. The number of benzene rings is 1. The van der Waals surface area contributed by atoms with E-state index in [2.05, 4.69) is 16.0 Å². The van der Waals surface area contributed by atoms with Gasteiger partial charge in [-0.15, -0.1) is 0 Å². The molecule has 1 aliphatic heterocycles. The molecule has 0 bridgehead atoms. The van der Waals surface area contributed by atoms with Gasteiger partial charge in [0.2, 0.25) is 0 Å². The summed E-state index contributed by atoms with van der Waals surface area (Å²) >= 11 is 0. The van der Waals surface area contributed by atoms with Crippen LogP contribution in [0.25, 0.3) is 0 Å². The highest BCUT2D eigenvalue weighted by molar-refractivity contribution is 7.81. The van der Waals surface area contributed by atoms with Crippen LogP contribution in [0.5, 0.6) is 5.75 Å². The Balaban J connectivity index is 2.22. The number of hydrogen-bond acceptors (Lipinski definition) is 4. The van der Waals surface area contributed by atoms with Crippen molar-refractivity contribution in [3.8, 4) is 5.75 Å². The van der Waals surface area contributed by atoms with Crippen LogP contribution in [0.15, 0.2) is 18.2 Å². The van der Waals surface area contributed by atoms with Crippen LogP contribution in [0, 0.1) is 0 Å². The van der Waals surface area contributed by atoms with Gasteiger partial charge in [-0.25, -0.2) is 0 Å². The van der Waals surface area contributed by atoms with E-state index in [4.69, 9.17) is 0 Å². The van der Waals surface area contributed by atoms with Gasteiger partial charge >= 0.3 is 10.5 Å². The molecular formula is C10H12FNO3S. The summed E-state index contributed by atoms with van der Waals surface area (Å²) in [6.07, 6.45) is 0. The van der Waals surface area contributed by atoms with Crippen LogP contribution in [-0.4, -0.2) is 19.9 Å². The van der Waals surface area contributed by atoms with Gasteiger partial charge in [0.05, 0.1) is 0 Å². The fraction of sp³-hybridized carbons (Fsp3) is 0.400. The van der Waals surface area contributed by atoms with Crippen molar-refractivity contribution in [2.24, 2.45) is 0 Å². The smallest absolute Gasteiger partial charge is 0.358 e. The van der Waals surface area contributed by atoms with Crippen molar-refractivity contribution in [3.05, 3.63) is 29.3 Å². The van der Waals surface area contributed by atoms with Crippen LogP contribution in [0.4, 0.5) is 3.89 Å². The number of hydrogen-bond donors (Lipinski definition) is 0. The van der Waals surface area contributed by atoms with Gasteiger partial charge in [0.25, 0.3) is 0 Å². The Morgan fingerprint density at radius 3 is 2.69 bits per heavy atom. The monoisotopic (exact) mass is 245 g/mol. The normalized spacial score (nSPS) is 16.1. The third-order valence-electron chi connectivity index (χ3n) is 2.61. The number of nitrogens with zero attached hydrogens (tertiary/aromatic N) is 1. The Bertz CT molecular complexity index is 501. The molecule has 1 aliphatic rings. The van der Waals surface area contributed by atoms with E-state index < -0.39 is 10.5 Å². The quantitative estimate of drug-likeness (QED) is 0.759. The molecule has 1 heterocycles. The highest BCUT2D eigenvalue weighted by Gasteiger charge is 2.19. The van der Waals surface area contributed by atoms with Crippen LogP contribution in [0.3, 0.4) is 0 Å².